The lowest BCUT2D eigenvalue weighted by Crippen LogP contribution is -2.48. The predicted octanol–water partition coefficient (Wildman–Crippen LogP) is 3.62. The normalized spacial score (nSPS) is 18.4. The quantitative estimate of drug-likeness (QED) is 0.332. The number of piperidine rings is 1. The van der Waals surface area contributed by atoms with Crippen LogP contribution in [0.5, 0.6) is 0 Å². The number of halogens is 2. The predicted molar refractivity (Wildman–Crippen MR) is 148 cm³/mol. The molecule has 0 spiro atoms. The minimum absolute atomic E-state index is 0.0385. The van der Waals surface area contributed by atoms with Gasteiger partial charge in [0.1, 0.15) is 5.84 Å². The SMILES string of the molecule is CC(=N)C(=O)N1CCC(NC2CCNCC2)=C(C(=N)N2CCCc3cc(-c4cnn(C)c4)c(C(F)F)cc32)C1. The minimum Gasteiger partial charge on any atom is -0.385 e. The van der Waals surface area contributed by atoms with Crippen molar-refractivity contribution in [2.45, 2.75) is 51.5 Å². The monoisotopic (exact) mass is 538 g/mol. The Morgan fingerprint density at radius 1 is 1.18 bits per heavy atom. The number of carbonyl (C=O) groups excluding carboxylic acids is 1. The maximum Gasteiger partial charge on any atom is 0.267 e. The van der Waals surface area contributed by atoms with Crippen LogP contribution in [0.15, 0.2) is 35.8 Å². The van der Waals surface area contributed by atoms with Gasteiger partial charge < -0.3 is 20.4 Å². The Labute approximate surface area is 227 Å². The van der Waals surface area contributed by atoms with E-state index in [9.17, 15) is 19.0 Å². The summed E-state index contributed by atoms with van der Waals surface area (Å²) >= 11 is 0. The molecule has 1 amide bonds. The van der Waals surface area contributed by atoms with Crippen molar-refractivity contribution in [1.29, 1.82) is 10.8 Å². The molecule has 39 heavy (non-hydrogen) atoms. The van der Waals surface area contributed by atoms with Gasteiger partial charge in [0, 0.05) is 66.9 Å². The van der Waals surface area contributed by atoms with Gasteiger partial charge in [0.15, 0.2) is 0 Å². The van der Waals surface area contributed by atoms with Crippen LogP contribution in [-0.2, 0) is 18.3 Å². The number of rotatable bonds is 6. The molecule has 1 fully saturated rings. The highest BCUT2D eigenvalue weighted by Crippen LogP contribution is 2.39. The van der Waals surface area contributed by atoms with E-state index in [1.54, 1.807) is 29.0 Å². The summed E-state index contributed by atoms with van der Waals surface area (Å²) in [6, 6.07) is 3.63. The number of anilines is 1. The Morgan fingerprint density at radius 2 is 1.95 bits per heavy atom. The average Bonchev–Trinajstić information content (AvgIpc) is 3.38. The van der Waals surface area contributed by atoms with Gasteiger partial charge in [0.2, 0.25) is 0 Å². The summed E-state index contributed by atoms with van der Waals surface area (Å²) in [5.74, 6) is -0.122. The number of fused-ring (bicyclic) bond motifs is 1. The third kappa shape index (κ3) is 5.59. The van der Waals surface area contributed by atoms with Crippen LogP contribution in [0.4, 0.5) is 14.5 Å². The number of hydrogen-bond acceptors (Lipinski definition) is 6. The summed E-state index contributed by atoms with van der Waals surface area (Å²) in [7, 11) is 1.76. The van der Waals surface area contributed by atoms with E-state index < -0.39 is 6.43 Å². The van der Waals surface area contributed by atoms with Gasteiger partial charge in [-0.1, -0.05) is 0 Å². The lowest BCUT2D eigenvalue weighted by atomic mass is 9.92. The van der Waals surface area contributed by atoms with E-state index in [-0.39, 0.29) is 35.6 Å². The number of amidine groups is 1. The van der Waals surface area contributed by atoms with Crippen LogP contribution in [0.25, 0.3) is 11.1 Å². The fourth-order valence-electron chi connectivity index (χ4n) is 5.80. The molecule has 4 N–H and O–H groups in total. The molecular formula is C28H36F2N8O. The zero-order valence-electron chi connectivity index (χ0n) is 22.5. The first-order valence-electron chi connectivity index (χ1n) is 13.6. The molecular weight excluding hydrogens is 502 g/mol. The molecule has 0 unspecified atom stereocenters. The van der Waals surface area contributed by atoms with Crippen LogP contribution >= 0.6 is 0 Å². The molecule has 3 aliphatic heterocycles. The fraction of sp³-hybridized carbons (Fsp3) is 0.500. The van der Waals surface area contributed by atoms with Gasteiger partial charge in [-0.2, -0.15) is 5.10 Å². The summed E-state index contributed by atoms with van der Waals surface area (Å²) in [5.41, 5.74) is 4.16. The van der Waals surface area contributed by atoms with E-state index in [1.807, 2.05) is 11.0 Å². The Hall–Kier alpha value is -3.60. The molecule has 9 nitrogen and oxygen atoms in total. The van der Waals surface area contributed by atoms with Gasteiger partial charge in [-0.3, -0.25) is 20.3 Å². The second-order valence-electron chi connectivity index (χ2n) is 10.6. The van der Waals surface area contributed by atoms with Crippen molar-refractivity contribution in [1.82, 2.24) is 25.3 Å². The number of amides is 1. The molecule has 2 aromatic rings. The standard InChI is InChI=1S/C28H36F2N8O/c1-17(31)28(39)37-11-7-24(35-20-5-8-33-9-6-20)23(16-37)27(32)38-10-3-4-18-12-21(19-14-34-36(2)15-19)22(26(29)30)13-25(18)38/h12-15,20,26,31-33,35H,3-11,16H2,1-2H3. The van der Waals surface area contributed by atoms with E-state index in [4.69, 9.17) is 5.41 Å². The Kier molecular flexibility index (Phi) is 7.79. The van der Waals surface area contributed by atoms with Crippen LogP contribution in [0, 0.1) is 10.8 Å². The van der Waals surface area contributed by atoms with Gasteiger partial charge in [-0.05, 0) is 69.0 Å². The largest absolute Gasteiger partial charge is 0.385 e. The minimum atomic E-state index is -2.68. The highest BCUT2D eigenvalue weighted by Gasteiger charge is 2.32. The van der Waals surface area contributed by atoms with Crippen molar-refractivity contribution in [3.63, 3.8) is 0 Å². The first-order valence-corrected chi connectivity index (χ1v) is 13.6. The Bertz CT molecular complexity index is 1310. The first kappa shape index (κ1) is 27.0. The molecule has 1 aromatic heterocycles. The molecule has 3 aliphatic rings. The first-order chi connectivity index (χ1) is 18.7. The third-order valence-electron chi connectivity index (χ3n) is 7.85. The molecule has 1 aromatic carbocycles. The molecule has 0 bridgehead atoms. The van der Waals surface area contributed by atoms with Gasteiger partial charge in [0.05, 0.1) is 18.5 Å². The van der Waals surface area contributed by atoms with Crippen molar-refractivity contribution >= 4 is 23.1 Å². The summed E-state index contributed by atoms with van der Waals surface area (Å²) in [6.07, 6.45) is 4.65. The molecule has 0 saturated carbocycles. The van der Waals surface area contributed by atoms with Crippen molar-refractivity contribution in [3.05, 3.63) is 46.9 Å². The van der Waals surface area contributed by atoms with Crippen LogP contribution < -0.4 is 15.5 Å². The van der Waals surface area contributed by atoms with E-state index in [0.29, 0.717) is 41.9 Å². The third-order valence-corrected chi connectivity index (χ3v) is 7.85. The van der Waals surface area contributed by atoms with Crippen LogP contribution in [0.2, 0.25) is 0 Å². The molecule has 5 rings (SSSR count). The van der Waals surface area contributed by atoms with Crippen molar-refractivity contribution in [2.75, 3.05) is 37.6 Å². The molecule has 1 saturated heterocycles. The van der Waals surface area contributed by atoms with E-state index in [1.165, 1.54) is 13.0 Å². The Balaban J connectivity index is 1.52. The van der Waals surface area contributed by atoms with E-state index >= 15 is 0 Å². The number of nitrogens with one attached hydrogen (secondary N) is 4. The van der Waals surface area contributed by atoms with E-state index in [0.717, 1.165) is 50.0 Å². The van der Waals surface area contributed by atoms with E-state index in [2.05, 4.69) is 15.7 Å². The van der Waals surface area contributed by atoms with Crippen LogP contribution in [0.3, 0.4) is 0 Å². The van der Waals surface area contributed by atoms with Crippen molar-refractivity contribution in [3.8, 4) is 11.1 Å². The smallest absolute Gasteiger partial charge is 0.267 e. The number of aromatic nitrogens is 2. The second-order valence-corrected chi connectivity index (χ2v) is 10.6. The number of aryl methyl sites for hydroxylation is 2. The highest BCUT2D eigenvalue weighted by atomic mass is 19.3. The second kappa shape index (κ2) is 11.3. The van der Waals surface area contributed by atoms with Gasteiger partial charge in [0.25, 0.3) is 12.3 Å². The molecule has 4 heterocycles. The number of alkyl halides is 2. The maximum absolute atomic E-state index is 14.3. The zero-order valence-corrected chi connectivity index (χ0v) is 22.5. The number of nitrogens with zero attached hydrogens (tertiary/aromatic N) is 4. The highest BCUT2D eigenvalue weighted by molar-refractivity contribution is 6.36. The fourth-order valence-corrected chi connectivity index (χ4v) is 5.80. The molecule has 208 valence electrons. The van der Waals surface area contributed by atoms with Gasteiger partial charge in [-0.25, -0.2) is 8.78 Å². The van der Waals surface area contributed by atoms with Crippen LogP contribution in [0.1, 0.15) is 50.2 Å². The molecule has 0 radical (unpaired) electrons. The molecule has 0 aliphatic carbocycles. The lowest BCUT2D eigenvalue weighted by molar-refractivity contribution is -0.124. The Morgan fingerprint density at radius 3 is 2.62 bits per heavy atom. The topological polar surface area (TPSA) is 113 Å². The van der Waals surface area contributed by atoms with Crippen molar-refractivity contribution in [2.24, 2.45) is 7.05 Å². The zero-order chi connectivity index (χ0) is 27.7. The average molecular weight is 539 g/mol. The lowest BCUT2D eigenvalue weighted by Gasteiger charge is -2.38. The van der Waals surface area contributed by atoms with Gasteiger partial charge >= 0.3 is 0 Å². The summed E-state index contributed by atoms with van der Waals surface area (Å²) < 4.78 is 30.2. The van der Waals surface area contributed by atoms with Crippen molar-refractivity contribution < 1.29 is 13.6 Å². The maximum atomic E-state index is 14.3. The summed E-state index contributed by atoms with van der Waals surface area (Å²) in [6.45, 7) is 4.53. The number of benzene rings is 1. The number of carbonyl (C=O) groups is 1. The summed E-state index contributed by atoms with van der Waals surface area (Å²) in [4.78, 5) is 16.1. The van der Waals surface area contributed by atoms with Crippen LogP contribution in [-0.4, -0.2) is 70.9 Å². The van der Waals surface area contributed by atoms with Gasteiger partial charge in [-0.15, -0.1) is 0 Å². The molecule has 11 heteroatoms. The number of hydrogen-bond donors (Lipinski definition) is 4. The summed E-state index contributed by atoms with van der Waals surface area (Å²) in [5, 5.41) is 28.3. The molecule has 0 atom stereocenters.